The second-order valence-electron chi connectivity index (χ2n) is 7.09. The normalized spacial score (nSPS) is 15.7. The molecule has 1 aromatic carbocycles. The van der Waals surface area contributed by atoms with Crippen LogP contribution in [0.5, 0.6) is 5.75 Å². The van der Waals surface area contributed by atoms with Gasteiger partial charge >= 0.3 is 0 Å². The van der Waals surface area contributed by atoms with Crippen LogP contribution in [0.3, 0.4) is 0 Å². The van der Waals surface area contributed by atoms with Gasteiger partial charge in [0, 0.05) is 33.2 Å². The van der Waals surface area contributed by atoms with Gasteiger partial charge in [-0.1, -0.05) is 12.1 Å². The van der Waals surface area contributed by atoms with Crippen molar-refractivity contribution in [2.75, 3.05) is 31.1 Å². The molecule has 0 bridgehead atoms. The minimum atomic E-state index is -0.516. The minimum absolute atomic E-state index is 0.00960. The number of rotatable bonds is 4. The highest BCUT2D eigenvalue weighted by molar-refractivity contribution is 5.87. The van der Waals surface area contributed by atoms with Gasteiger partial charge in [0.2, 0.25) is 0 Å². The van der Waals surface area contributed by atoms with E-state index in [0.717, 1.165) is 28.2 Å². The van der Waals surface area contributed by atoms with Gasteiger partial charge in [-0.05, 0) is 31.5 Å². The van der Waals surface area contributed by atoms with Crippen molar-refractivity contribution in [3.63, 3.8) is 0 Å². The summed E-state index contributed by atoms with van der Waals surface area (Å²) in [7, 11) is 1.87. The summed E-state index contributed by atoms with van der Waals surface area (Å²) in [6, 6.07) is 7.76. The highest BCUT2D eigenvalue weighted by Gasteiger charge is 2.27. The first kappa shape index (κ1) is 18.2. The molecule has 3 heterocycles. The molecule has 1 aliphatic heterocycles. The van der Waals surface area contributed by atoms with Gasteiger partial charge in [-0.25, -0.2) is 9.97 Å². The molecule has 0 spiro atoms. The Kier molecular flexibility index (Phi) is 4.85. The second kappa shape index (κ2) is 7.46. The molecule has 0 saturated carbocycles. The molecule has 1 saturated heterocycles. The first-order valence-corrected chi connectivity index (χ1v) is 9.42. The van der Waals surface area contributed by atoms with E-state index in [2.05, 4.69) is 20.0 Å². The van der Waals surface area contributed by atoms with Crippen LogP contribution in [0.4, 0.5) is 5.82 Å². The minimum Gasteiger partial charge on any atom is -0.481 e. The Hall–Kier alpha value is -3.16. The maximum atomic E-state index is 12.8. The van der Waals surface area contributed by atoms with Gasteiger partial charge in [-0.3, -0.25) is 9.48 Å². The number of hydrogen-bond acceptors (Lipinski definition) is 6. The van der Waals surface area contributed by atoms with Gasteiger partial charge in [-0.2, -0.15) is 5.10 Å². The Bertz CT molecular complexity index is 993. The van der Waals surface area contributed by atoms with Crippen molar-refractivity contribution in [3.8, 4) is 5.75 Å². The summed E-state index contributed by atoms with van der Waals surface area (Å²) >= 11 is 0. The molecule has 4 rings (SSSR count). The quantitative estimate of drug-likeness (QED) is 0.687. The first-order valence-electron chi connectivity index (χ1n) is 9.42. The lowest BCUT2D eigenvalue weighted by atomic mass is 10.2. The fourth-order valence-electron chi connectivity index (χ4n) is 3.54. The molecule has 0 unspecified atom stereocenters. The highest BCUT2D eigenvalue weighted by Crippen LogP contribution is 2.23. The van der Waals surface area contributed by atoms with Crippen LogP contribution in [0.15, 0.2) is 36.8 Å². The van der Waals surface area contributed by atoms with Crippen molar-refractivity contribution >= 4 is 22.8 Å². The summed E-state index contributed by atoms with van der Waals surface area (Å²) in [5.41, 5.74) is 1.92. The predicted octanol–water partition coefficient (Wildman–Crippen LogP) is 1.79. The molecule has 1 atom stereocenters. The molecule has 28 heavy (non-hydrogen) atoms. The molecule has 1 amide bonds. The van der Waals surface area contributed by atoms with Gasteiger partial charge < -0.3 is 14.5 Å². The average Bonchev–Trinajstić information content (AvgIpc) is 3.09. The van der Waals surface area contributed by atoms with Crippen LogP contribution < -0.4 is 9.64 Å². The summed E-state index contributed by atoms with van der Waals surface area (Å²) in [6.45, 7) is 6.50. The lowest BCUT2D eigenvalue weighted by Gasteiger charge is -2.36. The maximum Gasteiger partial charge on any atom is 0.263 e. The van der Waals surface area contributed by atoms with E-state index in [4.69, 9.17) is 4.74 Å². The molecule has 1 aliphatic rings. The zero-order valence-electron chi connectivity index (χ0n) is 16.4. The van der Waals surface area contributed by atoms with E-state index < -0.39 is 6.10 Å². The summed E-state index contributed by atoms with van der Waals surface area (Å²) in [6.07, 6.45) is 2.84. The average molecular weight is 380 g/mol. The number of aromatic nitrogens is 4. The molecule has 0 aliphatic carbocycles. The van der Waals surface area contributed by atoms with Crippen molar-refractivity contribution < 1.29 is 9.53 Å². The number of nitrogens with zero attached hydrogens (tertiary/aromatic N) is 6. The van der Waals surface area contributed by atoms with E-state index in [9.17, 15) is 4.79 Å². The lowest BCUT2D eigenvalue weighted by Crippen LogP contribution is -2.52. The number of aryl methyl sites for hydroxylation is 2. The smallest absolute Gasteiger partial charge is 0.263 e. The third-order valence-corrected chi connectivity index (χ3v) is 5.05. The van der Waals surface area contributed by atoms with E-state index in [-0.39, 0.29) is 5.91 Å². The van der Waals surface area contributed by atoms with Crippen LogP contribution in [0.25, 0.3) is 11.0 Å². The number of hydrogen-bond donors (Lipinski definition) is 0. The van der Waals surface area contributed by atoms with Crippen LogP contribution in [0.2, 0.25) is 0 Å². The molecule has 8 heteroatoms. The van der Waals surface area contributed by atoms with E-state index >= 15 is 0 Å². The van der Waals surface area contributed by atoms with Crippen molar-refractivity contribution in [1.29, 1.82) is 0 Å². The summed E-state index contributed by atoms with van der Waals surface area (Å²) in [5, 5.41) is 5.20. The van der Waals surface area contributed by atoms with Crippen molar-refractivity contribution in [3.05, 3.63) is 42.4 Å². The van der Waals surface area contributed by atoms with Crippen LogP contribution in [-0.4, -0.2) is 62.8 Å². The number of carbonyl (C=O) groups is 1. The summed E-state index contributed by atoms with van der Waals surface area (Å²) < 4.78 is 7.59. The second-order valence-corrected chi connectivity index (χ2v) is 7.09. The number of fused-ring (bicyclic) bond motifs is 1. The van der Waals surface area contributed by atoms with Gasteiger partial charge in [0.1, 0.15) is 17.9 Å². The number of carbonyl (C=O) groups excluding carboxylic acids is 1. The highest BCUT2D eigenvalue weighted by atomic mass is 16.5. The Labute approximate surface area is 163 Å². The standard InChI is InChI=1S/C20H24N6O2/c1-14-5-4-6-16(11-14)28-15(2)20(27)26-9-7-25(8-10-26)19-17-12-23-24(3)18(17)21-13-22-19/h4-6,11-13,15H,7-10H2,1-3H3/t15-/m1/s1. The zero-order valence-corrected chi connectivity index (χ0v) is 16.4. The maximum absolute atomic E-state index is 12.8. The molecule has 146 valence electrons. The largest absolute Gasteiger partial charge is 0.481 e. The Morgan fingerprint density at radius 3 is 2.71 bits per heavy atom. The summed E-state index contributed by atoms with van der Waals surface area (Å²) in [4.78, 5) is 25.6. The number of anilines is 1. The Morgan fingerprint density at radius 2 is 1.96 bits per heavy atom. The molecule has 0 radical (unpaired) electrons. The van der Waals surface area contributed by atoms with Crippen LogP contribution >= 0.6 is 0 Å². The molecule has 8 nitrogen and oxygen atoms in total. The van der Waals surface area contributed by atoms with Crippen molar-refractivity contribution in [1.82, 2.24) is 24.6 Å². The number of amides is 1. The SMILES string of the molecule is Cc1cccc(O[C@H](C)C(=O)N2CCN(c3ncnc4c3cnn4C)CC2)c1. The van der Waals surface area contributed by atoms with Crippen LogP contribution in [0.1, 0.15) is 12.5 Å². The molecule has 3 aromatic rings. The number of ether oxygens (including phenoxy) is 1. The molecular weight excluding hydrogens is 356 g/mol. The van der Waals surface area contributed by atoms with Gasteiger partial charge in [0.25, 0.3) is 5.91 Å². The third-order valence-electron chi connectivity index (χ3n) is 5.05. The Balaban J connectivity index is 1.40. The van der Waals surface area contributed by atoms with E-state index in [1.54, 1.807) is 24.1 Å². The molecule has 0 N–H and O–H groups in total. The van der Waals surface area contributed by atoms with Crippen LogP contribution in [-0.2, 0) is 11.8 Å². The number of benzene rings is 1. The first-order chi connectivity index (χ1) is 13.5. The zero-order chi connectivity index (χ0) is 19.7. The third kappa shape index (κ3) is 3.49. The monoisotopic (exact) mass is 380 g/mol. The van der Waals surface area contributed by atoms with Crippen LogP contribution in [0, 0.1) is 6.92 Å². The fourth-order valence-corrected chi connectivity index (χ4v) is 3.54. The van der Waals surface area contributed by atoms with Gasteiger partial charge in [-0.15, -0.1) is 0 Å². The van der Waals surface area contributed by atoms with E-state index in [1.165, 1.54) is 0 Å². The topological polar surface area (TPSA) is 76.4 Å². The predicted molar refractivity (Wildman–Crippen MR) is 106 cm³/mol. The van der Waals surface area contributed by atoms with E-state index in [0.29, 0.717) is 26.2 Å². The molecule has 1 fully saturated rings. The van der Waals surface area contributed by atoms with Crippen molar-refractivity contribution in [2.45, 2.75) is 20.0 Å². The fraction of sp³-hybridized carbons (Fsp3) is 0.400. The van der Waals surface area contributed by atoms with Crippen molar-refractivity contribution in [2.24, 2.45) is 7.05 Å². The number of piperazine rings is 1. The Morgan fingerprint density at radius 1 is 1.18 bits per heavy atom. The molecular formula is C20H24N6O2. The van der Waals surface area contributed by atoms with E-state index in [1.807, 2.05) is 43.1 Å². The molecule has 2 aromatic heterocycles. The van der Waals surface area contributed by atoms with Gasteiger partial charge in [0.05, 0.1) is 11.6 Å². The summed E-state index contributed by atoms with van der Waals surface area (Å²) in [5.74, 6) is 1.60. The van der Waals surface area contributed by atoms with Gasteiger partial charge in [0.15, 0.2) is 11.8 Å². The lowest BCUT2D eigenvalue weighted by molar-refractivity contribution is -0.138.